The van der Waals surface area contributed by atoms with Crippen molar-refractivity contribution in [2.45, 2.75) is 25.9 Å². The molecular formula is C20H24N2O3. The Morgan fingerprint density at radius 2 is 2.00 bits per heavy atom. The lowest BCUT2D eigenvalue weighted by Crippen LogP contribution is -2.22. The number of nitrogens with one attached hydrogen (secondary N) is 2. The molecule has 1 heterocycles. The molecule has 1 fully saturated rings. The maximum absolute atomic E-state index is 12.1. The van der Waals surface area contributed by atoms with Crippen LogP contribution < -0.4 is 15.4 Å². The highest BCUT2D eigenvalue weighted by Crippen LogP contribution is 2.25. The van der Waals surface area contributed by atoms with Crippen LogP contribution in [-0.4, -0.2) is 31.8 Å². The summed E-state index contributed by atoms with van der Waals surface area (Å²) in [6.07, 6.45) is 2.29. The molecule has 1 saturated heterocycles. The first kappa shape index (κ1) is 17.3. The molecule has 3 rings (SSSR count). The molecule has 1 amide bonds. The van der Waals surface area contributed by atoms with Gasteiger partial charge in [-0.3, -0.25) is 4.79 Å². The molecule has 0 aliphatic carbocycles. The van der Waals surface area contributed by atoms with Crippen molar-refractivity contribution in [2.75, 3.05) is 30.4 Å². The first-order valence-corrected chi connectivity index (χ1v) is 8.64. The van der Waals surface area contributed by atoms with E-state index >= 15 is 0 Å². The number of hydrogen-bond acceptors (Lipinski definition) is 4. The highest BCUT2D eigenvalue weighted by molar-refractivity contribution is 5.93. The Balaban J connectivity index is 1.51. The van der Waals surface area contributed by atoms with E-state index in [0.29, 0.717) is 6.61 Å². The highest BCUT2D eigenvalue weighted by atomic mass is 16.5. The van der Waals surface area contributed by atoms with Crippen molar-refractivity contribution in [3.8, 4) is 5.75 Å². The molecule has 1 aliphatic heterocycles. The lowest BCUT2D eigenvalue weighted by molar-refractivity contribution is -0.114. The van der Waals surface area contributed by atoms with Crippen molar-refractivity contribution in [2.24, 2.45) is 0 Å². The van der Waals surface area contributed by atoms with Crippen LogP contribution in [0.25, 0.3) is 0 Å². The SMILES string of the molecule is Cc1ccc(NC(=O)CNc2ccccc2OCC2CCCO2)cc1. The molecule has 1 unspecified atom stereocenters. The van der Waals surface area contributed by atoms with E-state index in [2.05, 4.69) is 10.6 Å². The molecule has 0 aromatic heterocycles. The number of benzene rings is 2. The second-order valence-electron chi connectivity index (χ2n) is 6.21. The number of carbonyl (C=O) groups is 1. The summed E-state index contributed by atoms with van der Waals surface area (Å²) in [5.41, 5.74) is 2.76. The number of aryl methyl sites for hydroxylation is 1. The summed E-state index contributed by atoms with van der Waals surface area (Å²) in [5, 5.41) is 6.02. The first-order chi connectivity index (χ1) is 12.2. The fourth-order valence-electron chi connectivity index (χ4n) is 2.71. The Kier molecular flexibility index (Phi) is 5.90. The van der Waals surface area contributed by atoms with Crippen molar-refractivity contribution in [1.82, 2.24) is 0 Å². The van der Waals surface area contributed by atoms with Crippen LogP contribution in [0.15, 0.2) is 48.5 Å². The van der Waals surface area contributed by atoms with Gasteiger partial charge in [0.25, 0.3) is 0 Å². The van der Waals surface area contributed by atoms with Gasteiger partial charge in [0.2, 0.25) is 5.91 Å². The zero-order valence-corrected chi connectivity index (χ0v) is 14.5. The number of ether oxygens (including phenoxy) is 2. The van der Waals surface area contributed by atoms with Gasteiger partial charge in [0.05, 0.1) is 18.3 Å². The topological polar surface area (TPSA) is 59.6 Å². The summed E-state index contributed by atoms with van der Waals surface area (Å²) < 4.78 is 11.4. The van der Waals surface area contributed by atoms with Crippen molar-refractivity contribution in [3.05, 3.63) is 54.1 Å². The average molecular weight is 340 g/mol. The largest absolute Gasteiger partial charge is 0.489 e. The second-order valence-corrected chi connectivity index (χ2v) is 6.21. The van der Waals surface area contributed by atoms with Crippen LogP contribution in [0.5, 0.6) is 5.75 Å². The van der Waals surface area contributed by atoms with Gasteiger partial charge in [0.1, 0.15) is 12.4 Å². The number of para-hydroxylation sites is 2. The van der Waals surface area contributed by atoms with E-state index in [1.807, 2.05) is 55.5 Å². The standard InChI is InChI=1S/C20H24N2O3/c1-15-8-10-16(11-9-15)22-20(23)13-21-18-6-2-3-7-19(18)25-14-17-5-4-12-24-17/h2-3,6-11,17,21H,4-5,12-14H2,1H3,(H,22,23). The molecule has 0 radical (unpaired) electrons. The minimum Gasteiger partial charge on any atom is -0.489 e. The number of anilines is 2. The van der Waals surface area contributed by atoms with E-state index in [0.717, 1.165) is 42.1 Å². The van der Waals surface area contributed by atoms with Gasteiger partial charge in [-0.25, -0.2) is 0 Å². The molecule has 25 heavy (non-hydrogen) atoms. The molecule has 0 saturated carbocycles. The Bertz CT molecular complexity index is 694. The van der Waals surface area contributed by atoms with Gasteiger partial charge in [-0.1, -0.05) is 29.8 Å². The second kappa shape index (κ2) is 8.53. The molecule has 2 aromatic rings. The van der Waals surface area contributed by atoms with E-state index in [1.165, 1.54) is 0 Å². The number of rotatable bonds is 7. The normalized spacial score (nSPS) is 16.4. The van der Waals surface area contributed by atoms with Gasteiger partial charge in [-0.2, -0.15) is 0 Å². The highest BCUT2D eigenvalue weighted by Gasteiger charge is 2.16. The molecule has 5 heteroatoms. The number of carbonyl (C=O) groups excluding carboxylic acids is 1. The number of hydrogen-bond donors (Lipinski definition) is 2. The van der Waals surface area contributed by atoms with Crippen LogP contribution in [0, 0.1) is 6.92 Å². The quantitative estimate of drug-likeness (QED) is 0.808. The monoisotopic (exact) mass is 340 g/mol. The molecule has 1 aliphatic rings. The smallest absolute Gasteiger partial charge is 0.243 e. The van der Waals surface area contributed by atoms with Crippen LogP contribution in [0.4, 0.5) is 11.4 Å². The van der Waals surface area contributed by atoms with Crippen molar-refractivity contribution >= 4 is 17.3 Å². The third-order valence-corrected chi connectivity index (χ3v) is 4.11. The molecule has 5 nitrogen and oxygen atoms in total. The Morgan fingerprint density at radius 3 is 2.76 bits per heavy atom. The maximum atomic E-state index is 12.1. The van der Waals surface area contributed by atoms with Gasteiger partial charge in [0, 0.05) is 12.3 Å². The molecular weight excluding hydrogens is 316 g/mol. The lowest BCUT2D eigenvalue weighted by atomic mass is 10.2. The van der Waals surface area contributed by atoms with Gasteiger partial charge in [-0.15, -0.1) is 0 Å². The summed E-state index contributed by atoms with van der Waals surface area (Å²) >= 11 is 0. The Labute approximate surface area is 148 Å². The first-order valence-electron chi connectivity index (χ1n) is 8.64. The Hall–Kier alpha value is -2.53. The summed E-state index contributed by atoms with van der Waals surface area (Å²) in [7, 11) is 0. The van der Waals surface area contributed by atoms with Crippen LogP contribution in [0.2, 0.25) is 0 Å². The van der Waals surface area contributed by atoms with Crippen LogP contribution in [0.3, 0.4) is 0 Å². The molecule has 132 valence electrons. The van der Waals surface area contributed by atoms with E-state index in [1.54, 1.807) is 0 Å². The van der Waals surface area contributed by atoms with E-state index < -0.39 is 0 Å². The van der Waals surface area contributed by atoms with Crippen LogP contribution in [0.1, 0.15) is 18.4 Å². The minimum atomic E-state index is -0.0993. The van der Waals surface area contributed by atoms with Crippen LogP contribution >= 0.6 is 0 Å². The predicted molar refractivity (Wildman–Crippen MR) is 99.2 cm³/mol. The van der Waals surface area contributed by atoms with Crippen molar-refractivity contribution < 1.29 is 14.3 Å². The Morgan fingerprint density at radius 1 is 1.20 bits per heavy atom. The third kappa shape index (κ3) is 5.22. The maximum Gasteiger partial charge on any atom is 0.243 e. The van der Waals surface area contributed by atoms with E-state index in [4.69, 9.17) is 9.47 Å². The fraction of sp³-hybridized carbons (Fsp3) is 0.350. The lowest BCUT2D eigenvalue weighted by Gasteiger charge is -2.15. The number of amides is 1. The molecule has 0 spiro atoms. The van der Waals surface area contributed by atoms with Gasteiger partial charge in [0.15, 0.2) is 0 Å². The molecule has 2 N–H and O–H groups in total. The van der Waals surface area contributed by atoms with Gasteiger partial charge in [-0.05, 0) is 44.0 Å². The molecule has 2 aromatic carbocycles. The summed E-state index contributed by atoms with van der Waals surface area (Å²) in [4.78, 5) is 12.1. The van der Waals surface area contributed by atoms with E-state index in [-0.39, 0.29) is 18.6 Å². The van der Waals surface area contributed by atoms with Crippen molar-refractivity contribution in [1.29, 1.82) is 0 Å². The molecule has 1 atom stereocenters. The summed E-state index contributed by atoms with van der Waals surface area (Å²) in [5.74, 6) is 0.638. The van der Waals surface area contributed by atoms with E-state index in [9.17, 15) is 4.79 Å². The minimum absolute atomic E-state index is 0.0993. The van der Waals surface area contributed by atoms with Crippen molar-refractivity contribution in [3.63, 3.8) is 0 Å². The average Bonchev–Trinajstić information content (AvgIpc) is 3.14. The predicted octanol–water partition coefficient (Wildman–Crippen LogP) is 3.60. The zero-order valence-electron chi connectivity index (χ0n) is 14.5. The summed E-state index contributed by atoms with van der Waals surface area (Å²) in [6.45, 7) is 3.54. The third-order valence-electron chi connectivity index (χ3n) is 4.11. The van der Waals surface area contributed by atoms with Crippen LogP contribution in [-0.2, 0) is 9.53 Å². The zero-order chi connectivity index (χ0) is 17.5. The van der Waals surface area contributed by atoms with Gasteiger partial charge < -0.3 is 20.1 Å². The van der Waals surface area contributed by atoms with Gasteiger partial charge >= 0.3 is 0 Å². The fourth-order valence-corrected chi connectivity index (χ4v) is 2.71. The molecule has 0 bridgehead atoms. The summed E-state index contributed by atoms with van der Waals surface area (Å²) in [6, 6.07) is 15.4.